The van der Waals surface area contributed by atoms with E-state index in [1.54, 1.807) is 16.8 Å². The summed E-state index contributed by atoms with van der Waals surface area (Å²) < 4.78 is 12.7. The van der Waals surface area contributed by atoms with Crippen LogP contribution in [0.1, 0.15) is 6.23 Å². The van der Waals surface area contributed by atoms with Crippen molar-refractivity contribution in [3.8, 4) is 0 Å². The highest BCUT2D eigenvalue weighted by Gasteiger charge is 2.45. The number of aliphatic hydroxyl groups excluding tert-OH is 2. The molecular weight excluding hydrogens is 264 g/mol. The first-order valence-electron chi connectivity index (χ1n) is 6.21. The molecule has 1 unspecified atom stereocenters. The summed E-state index contributed by atoms with van der Waals surface area (Å²) in [5.74, 6) is 0.375. The smallest absolute Gasteiger partial charge is 0.164 e. The topological polar surface area (TPSA) is 116 Å². The standard InChI is InChI=1S/C12H16N4O4/c1-19-9-8(18)7(4-17)20-12(9)16-3-2-6-10(13)14-5-15-11(6)16/h2-3,5,7-9,12,17-18H,4H2,1H3,(H2,13,14,15)/t7-,8-,9-,12?/m1/s1. The second-order valence-electron chi connectivity index (χ2n) is 4.66. The first-order valence-corrected chi connectivity index (χ1v) is 6.21. The SMILES string of the molecule is CO[C@H]1C(n2ccc3c(N)ncnc32)O[C@H](CO)[C@H]1O. The van der Waals surface area contributed by atoms with Crippen molar-refractivity contribution in [2.75, 3.05) is 19.5 Å². The van der Waals surface area contributed by atoms with E-state index < -0.39 is 24.5 Å². The summed E-state index contributed by atoms with van der Waals surface area (Å²) in [4.78, 5) is 8.11. The van der Waals surface area contributed by atoms with Crippen LogP contribution in [0.4, 0.5) is 5.82 Å². The third kappa shape index (κ3) is 1.85. The number of hydrogen-bond donors (Lipinski definition) is 3. The first kappa shape index (κ1) is 13.3. The predicted octanol–water partition coefficient (Wildman–Crippen LogP) is -0.721. The normalized spacial score (nSPS) is 30.1. The van der Waals surface area contributed by atoms with Crippen molar-refractivity contribution in [1.82, 2.24) is 14.5 Å². The fourth-order valence-electron chi connectivity index (χ4n) is 2.54. The minimum Gasteiger partial charge on any atom is -0.394 e. The van der Waals surface area contributed by atoms with Crippen LogP contribution in [-0.2, 0) is 9.47 Å². The van der Waals surface area contributed by atoms with Crippen molar-refractivity contribution in [2.24, 2.45) is 0 Å². The average molecular weight is 280 g/mol. The molecule has 1 fully saturated rings. The van der Waals surface area contributed by atoms with Crippen molar-refractivity contribution in [1.29, 1.82) is 0 Å². The maximum Gasteiger partial charge on any atom is 0.164 e. The fraction of sp³-hybridized carbons (Fsp3) is 0.500. The molecule has 8 nitrogen and oxygen atoms in total. The number of nitrogens with zero attached hydrogens (tertiary/aromatic N) is 3. The Hall–Kier alpha value is -1.74. The van der Waals surface area contributed by atoms with Crippen LogP contribution < -0.4 is 5.73 Å². The Morgan fingerprint density at radius 1 is 1.50 bits per heavy atom. The highest BCUT2D eigenvalue weighted by atomic mass is 16.6. The molecule has 1 aliphatic rings. The molecule has 2 aromatic heterocycles. The summed E-state index contributed by atoms with van der Waals surface area (Å²) in [5.41, 5.74) is 6.38. The van der Waals surface area contributed by atoms with E-state index >= 15 is 0 Å². The predicted molar refractivity (Wildman–Crippen MR) is 69.7 cm³/mol. The molecule has 3 heterocycles. The van der Waals surface area contributed by atoms with Crippen molar-refractivity contribution >= 4 is 16.9 Å². The number of rotatable bonds is 3. The van der Waals surface area contributed by atoms with Crippen LogP contribution in [-0.4, -0.2) is 56.8 Å². The van der Waals surface area contributed by atoms with Gasteiger partial charge in [0.1, 0.15) is 36.1 Å². The van der Waals surface area contributed by atoms with Gasteiger partial charge in [-0.25, -0.2) is 9.97 Å². The van der Waals surface area contributed by atoms with Crippen LogP contribution in [0, 0.1) is 0 Å². The zero-order chi connectivity index (χ0) is 14.3. The Labute approximate surface area is 114 Å². The van der Waals surface area contributed by atoms with E-state index in [2.05, 4.69) is 9.97 Å². The van der Waals surface area contributed by atoms with E-state index in [1.807, 2.05) is 0 Å². The number of aliphatic hydroxyl groups is 2. The van der Waals surface area contributed by atoms with Crippen LogP contribution in [0.5, 0.6) is 0 Å². The van der Waals surface area contributed by atoms with Gasteiger partial charge in [0.25, 0.3) is 0 Å². The van der Waals surface area contributed by atoms with E-state index in [0.29, 0.717) is 16.9 Å². The largest absolute Gasteiger partial charge is 0.394 e. The highest BCUT2D eigenvalue weighted by Crippen LogP contribution is 2.34. The van der Waals surface area contributed by atoms with Gasteiger partial charge >= 0.3 is 0 Å². The zero-order valence-corrected chi connectivity index (χ0v) is 10.9. The summed E-state index contributed by atoms with van der Waals surface area (Å²) in [6, 6.07) is 1.78. The molecule has 0 radical (unpaired) electrons. The lowest BCUT2D eigenvalue weighted by Crippen LogP contribution is -2.34. The van der Waals surface area contributed by atoms with Crippen molar-refractivity contribution in [3.63, 3.8) is 0 Å². The Morgan fingerprint density at radius 3 is 3.00 bits per heavy atom. The number of methoxy groups -OCH3 is 1. The molecule has 4 N–H and O–H groups in total. The van der Waals surface area contributed by atoms with Gasteiger partial charge < -0.3 is 30.0 Å². The van der Waals surface area contributed by atoms with Gasteiger partial charge in [-0.1, -0.05) is 0 Å². The van der Waals surface area contributed by atoms with Crippen LogP contribution in [0.3, 0.4) is 0 Å². The number of ether oxygens (including phenoxy) is 2. The minimum absolute atomic E-state index is 0.284. The molecule has 20 heavy (non-hydrogen) atoms. The van der Waals surface area contributed by atoms with Crippen LogP contribution in [0.2, 0.25) is 0 Å². The third-order valence-corrected chi connectivity index (χ3v) is 3.58. The summed E-state index contributed by atoms with van der Waals surface area (Å²) in [6.45, 7) is -0.284. The van der Waals surface area contributed by atoms with Gasteiger partial charge in [0.2, 0.25) is 0 Å². The van der Waals surface area contributed by atoms with E-state index in [1.165, 1.54) is 13.4 Å². The molecule has 0 bridgehead atoms. The van der Waals surface area contributed by atoms with Gasteiger partial charge in [-0.3, -0.25) is 0 Å². The molecule has 0 aromatic carbocycles. The van der Waals surface area contributed by atoms with Gasteiger partial charge in [0.05, 0.1) is 12.0 Å². The van der Waals surface area contributed by atoms with E-state index in [-0.39, 0.29) is 6.61 Å². The van der Waals surface area contributed by atoms with Gasteiger partial charge in [-0.15, -0.1) is 0 Å². The number of nitrogen functional groups attached to an aromatic ring is 1. The number of fused-ring (bicyclic) bond motifs is 1. The Morgan fingerprint density at radius 2 is 2.30 bits per heavy atom. The van der Waals surface area contributed by atoms with Crippen molar-refractivity contribution in [3.05, 3.63) is 18.6 Å². The lowest BCUT2D eigenvalue weighted by Gasteiger charge is -2.20. The van der Waals surface area contributed by atoms with Crippen molar-refractivity contribution in [2.45, 2.75) is 24.5 Å². The molecule has 0 saturated carbocycles. The molecule has 108 valence electrons. The highest BCUT2D eigenvalue weighted by molar-refractivity contribution is 5.86. The average Bonchev–Trinajstić information content (AvgIpc) is 3.00. The second kappa shape index (κ2) is 4.98. The summed E-state index contributed by atoms with van der Waals surface area (Å²) >= 11 is 0. The molecule has 1 saturated heterocycles. The number of anilines is 1. The Kier molecular flexibility index (Phi) is 3.30. The van der Waals surface area contributed by atoms with E-state index in [9.17, 15) is 10.2 Å². The maximum atomic E-state index is 10.1. The van der Waals surface area contributed by atoms with Gasteiger partial charge in [0.15, 0.2) is 6.23 Å². The molecule has 3 rings (SSSR count). The van der Waals surface area contributed by atoms with Crippen LogP contribution in [0.15, 0.2) is 18.6 Å². The summed E-state index contributed by atoms with van der Waals surface area (Å²) in [7, 11) is 1.49. The Bertz CT molecular complexity index is 617. The summed E-state index contributed by atoms with van der Waals surface area (Å²) in [5, 5.41) is 20.0. The fourth-order valence-corrected chi connectivity index (χ4v) is 2.54. The molecule has 4 atom stereocenters. The molecule has 1 aliphatic heterocycles. The van der Waals surface area contributed by atoms with Gasteiger partial charge in [-0.2, -0.15) is 0 Å². The minimum atomic E-state index is -0.911. The molecule has 0 amide bonds. The van der Waals surface area contributed by atoms with Crippen LogP contribution >= 0.6 is 0 Å². The number of aromatic nitrogens is 3. The van der Waals surface area contributed by atoms with Gasteiger partial charge in [-0.05, 0) is 6.07 Å². The number of nitrogens with two attached hydrogens (primary N) is 1. The molecule has 0 aliphatic carbocycles. The third-order valence-electron chi connectivity index (χ3n) is 3.58. The second-order valence-corrected chi connectivity index (χ2v) is 4.66. The Balaban J connectivity index is 2.04. The van der Waals surface area contributed by atoms with E-state index in [0.717, 1.165) is 0 Å². The molecular formula is C12H16N4O4. The molecule has 2 aromatic rings. The summed E-state index contributed by atoms with van der Waals surface area (Å²) in [6.07, 6.45) is 0.329. The van der Waals surface area contributed by atoms with E-state index in [4.69, 9.17) is 15.2 Å². The molecule has 0 spiro atoms. The quantitative estimate of drug-likeness (QED) is 0.679. The first-order chi connectivity index (χ1) is 9.67. The maximum absolute atomic E-state index is 10.1. The zero-order valence-electron chi connectivity index (χ0n) is 10.9. The monoisotopic (exact) mass is 280 g/mol. The van der Waals surface area contributed by atoms with Crippen LogP contribution in [0.25, 0.3) is 11.0 Å². The lowest BCUT2D eigenvalue weighted by molar-refractivity contribution is -0.0580. The molecule has 8 heteroatoms. The van der Waals surface area contributed by atoms with Crippen molar-refractivity contribution < 1.29 is 19.7 Å². The van der Waals surface area contributed by atoms with Gasteiger partial charge in [0, 0.05) is 13.3 Å². The lowest BCUT2D eigenvalue weighted by atomic mass is 10.1. The number of hydrogen-bond acceptors (Lipinski definition) is 7.